The van der Waals surface area contributed by atoms with Crippen LogP contribution in [0.25, 0.3) is 11.1 Å². The third kappa shape index (κ3) is 17.6. The number of unbranched alkanes of at least 4 members (excludes halogenated alkanes) is 20. The van der Waals surface area contributed by atoms with Gasteiger partial charge in [-0.1, -0.05) is 154 Å². The third-order valence-corrected chi connectivity index (χ3v) is 10.3. The third-order valence-electron chi connectivity index (χ3n) is 10.3. The molecule has 0 spiro atoms. The number of aromatic nitrogens is 2. The topological polar surface area (TPSA) is 72.4 Å². The summed E-state index contributed by atoms with van der Waals surface area (Å²) in [4.78, 5) is 36.8. The van der Waals surface area contributed by atoms with Crippen LogP contribution >= 0.6 is 0 Å². The summed E-state index contributed by atoms with van der Waals surface area (Å²) >= 11 is 0. The molecular formula is C43H69N3O3. The molecule has 1 amide bonds. The number of carbonyl (C=O) groups is 2. The van der Waals surface area contributed by atoms with Crippen LogP contribution < -0.4 is 4.74 Å². The average Bonchev–Trinajstić information content (AvgIpc) is 3.13. The molecule has 6 nitrogen and oxygen atoms in total. The van der Waals surface area contributed by atoms with Gasteiger partial charge >= 0.3 is 5.97 Å². The second-order valence-electron chi connectivity index (χ2n) is 14.6. The van der Waals surface area contributed by atoms with Crippen LogP contribution in [-0.4, -0.2) is 39.8 Å². The number of likely N-dealkylation sites (tertiary alicyclic amines) is 1. The molecule has 1 aliphatic rings. The lowest BCUT2D eigenvalue weighted by Crippen LogP contribution is -2.41. The number of benzene rings is 1. The Balaban J connectivity index is 1.23. The van der Waals surface area contributed by atoms with Crippen molar-refractivity contribution in [2.45, 2.75) is 181 Å². The van der Waals surface area contributed by atoms with E-state index in [2.05, 4.69) is 23.8 Å². The fraction of sp³-hybridized carbons (Fsp3) is 0.721. The summed E-state index contributed by atoms with van der Waals surface area (Å²) in [7, 11) is 0. The molecule has 1 fully saturated rings. The Labute approximate surface area is 299 Å². The number of esters is 1. The van der Waals surface area contributed by atoms with E-state index in [9.17, 15) is 9.59 Å². The van der Waals surface area contributed by atoms with Gasteiger partial charge in [0.05, 0.1) is 5.92 Å². The van der Waals surface area contributed by atoms with Crippen molar-refractivity contribution in [1.29, 1.82) is 0 Å². The lowest BCUT2D eigenvalue weighted by molar-refractivity contribution is -0.143. The maximum absolute atomic E-state index is 12.9. The Morgan fingerprint density at radius 2 is 1.06 bits per heavy atom. The van der Waals surface area contributed by atoms with E-state index in [1.807, 2.05) is 41.6 Å². The fourth-order valence-corrected chi connectivity index (χ4v) is 6.96. The first-order valence-corrected chi connectivity index (χ1v) is 20.5. The van der Waals surface area contributed by atoms with Crippen LogP contribution in [0.3, 0.4) is 0 Å². The van der Waals surface area contributed by atoms with Crippen LogP contribution in [0, 0.1) is 5.92 Å². The predicted octanol–water partition coefficient (Wildman–Crippen LogP) is 11.8. The lowest BCUT2D eigenvalue weighted by Gasteiger charge is -2.31. The van der Waals surface area contributed by atoms with Gasteiger partial charge in [0.25, 0.3) is 0 Å². The van der Waals surface area contributed by atoms with Crippen molar-refractivity contribution in [3.63, 3.8) is 0 Å². The van der Waals surface area contributed by atoms with Crippen LogP contribution in [0.4, 0.5) is 0 Å². The van der Waals surface area contributed by atoms with Gasteiger partial charge in [0, 0.05) is 43.9 Å². The maximum Gasteiger partial charge on any atom is 0.314 e. The molecule has 49 heavy (non-hydrogen) atoms. The molecule has 1 aliphatic heterocycles. The van der Waals surface area contributed by atoms with Crippen molar-refractivity contribution in [3.8, 4) is 16.9 Å². The molecule has 1 aromatic heterocycles. The van der Waals surface area contributed by atoms with E-state index in [-0.39, 0.29) is 17.8 Å². The van der Waals surface area contributed by atoms with E-state index in [4.69, 9.17) is 4.74 Å². The SMILES string of the molecule is CCCCCCCCCCCCCCCC(=O)N1CCC(C(=O)Oc2ccc(-c3cnc(CCCCCCCCCCC)nc3)cc2)CC1. The second-order valence-corrected chi connectivity index (χ2v) is 14.6. The highest BCUT2D eigenvalue weighted by atomic mass is 16.5. The highest BCUT2D eigenvalue weighted by Gasteiger charge is 2.28. The number of piperidine rings is 1. The number of hydrogen-bond donors (Lipinski definition) is 0. The number of aryl methyl sites for hydroxylation is 1. The zero-order valence-corrected chi connectivity index (χ0v) is 31.4. The summed E-state index contributed by atoms with van der Waals surface area (Å²) in [6.07, 6.45) is 35.6. The van der Waals surface area contributed by atoms with E-state index < -0.39 is 0 Å². The molecule has 6 heteroatoms. The Bertz CT molecular complexity index is 1130. The van der Waals surface area contributed by atoms with Gasteiger partial charge in [0.15, 0.2) is 0 Å². The zero-order chi connectivity index (χ0) is 34.8. The molecule has 0 bridgehead atoms. The Kier molecular flexibility index (Phi) is 21.7. The van der Waals surface area contributed by atoms with Crippen molar-refractivity contribution >= 4 is 11.9 Å². The molecule has 0 saturated carbocycles. The molecule has 0 aliphatic carbocycles. The first-order valence-electron chi connectivity index (χ1n) is 20.5. The van der Waals surface area contributed by atoms with Gasteiger partial charge in [-0.15, -0.1) is 0 Å². The predicted molar refractivity (Wildman–Crippen MR) is 204 cm³/mol. The molecule has 1 saturated heterocycles. The fourth-order valence-electron chi connectivity index (χ4n) is 6.96. The van der Waals surface area contributed by atoms with E-state index in [0.29, 0.717) is 38.1 Å². The van der Waals surface area contributed by atoms with Gasteiger partial charge in [0.2, 0.25) is 5.91 Å². The molecule has 1 aromatic carbocycles. The van der Waals surface area contributed by atoms with E-state index in [1.165, 1.54) is 122 Å². The van der Waals surface area contributed by atoms with Crippen molar-refractivity contribution in [2.24, 2.45) is 5.92 Å². The molecule has 0 radical (unpaired) electrons. The number of rotatable bonds is 27. The van der Waals surface area contributed by atoms with Gasteiger partial charge in [-0.3, -0.25) is 9.59 Å². The second kappa shape index (κ2) is 26.1. The van der Waals surface area contributed by atoms with Gasteiger partial charge in [-0.05, 0) is 43.4 Å². The monoisotopic (exact) mass is 676 g/mol. The number of hydrogen-bond acceptors (Lipinski definition) is 5. The van der Waals surface area contributed by atoms with E-state index in [1.54, 1.807) is 0 Å². The number of carbonyl (C=O) groups excluding carboxylic acids is 2. The summed E-state index contributed by atoms with van der Waals surface area (Å²) in [6, 6.07) is 7.60. The number of amides is 1. The molecule has 274 valence electrons. The van der Waals surface area contributed by atoms with Crippen LogP contribution in [0.1, 0.15) is 180 Å². The van der Waals surface area contributed by atoms with Crippen molar-refractivity contribution in [1.82, 2.24) is 14.9 Å². The average molecular weight is 676 g/mol. The molecule has 3 rings (SSSR count). The summed E-state index contributed by atoms with van der Waals surface area (Å²) in [5.41, 5.74) is 1.97. The van der Waals surface area contributed by atoms with Crippen LogP contribution in [0.2, 0.25) is 0 Å². The molecular weight excluding hydrogens is 606 g/mol. The van der Waals surface area contributed by atoms with Crippen molar-refractivity contribution < 1.29 is 14.3 Å². The Hall–Kier alpha value is -2.76. The molecule has 0 unspecified atom stereocenters. The first-order chi connectivity index (χ1) is 24.1. The lowest BCUT2D eigenvalue weighted by atomic mass is 9.96. The number of ether oxygens (including phenoxy) is 1. The molecule has 2 aromatic rings. The van der Waals surface area contributed by atoms with Crippen molar-refractivity contribution in [2.75, 3.05) is 13.1 Å². The normalized spacial score (nSPS) is 13.6. The minimum atomic E-state index is -0.194. The number of nitrogens with zero attached hydrogens (tertiary/aromatic N) is 3. The first kappa shape index (κ1) is 40.7. The minimum absolute atomic E-state index is 0.160. The smallest absolute Gasteiger partial charge is 0.314 e. The standard InChI is InChI=1S/C43H69N3O3/c1-3-5-7-9-11-13-14-15-16-18-20-22-24-26-42(47)46-33-31-38(32-34-46)43(48)49-40-29-27-37(28-30-40)39-35-44-41(45-36-39)25-23-21-19-17-12-10-8-6-4-2/h27-30,35-36,38H,3-26,31-34H2,1-2H3. The summed E-state index contributed by atoms with van der Waals surface area (Å²) in [5, 5.41) is 0. The quantitative estimate of drug-likeness (QED) is 0.0535. The van der Waals surface area contributed by atoms with Gasteiger partial charge in [-0.2, -0.15) is 0 Å². The van der Waals surface area contributed by atoms with E-state index >= 15 is 0 Å². The molecule has 0 atom stereocenters. The van der Waals surface area contributed by atoms with Crippen molar-refractivity contribution in [3.05, 3.63) is 42.5 Å². The molecule has 2 heterocycles. The van der Waals surface area contributed by atoms with Gasteiger partial charge in [0.1, 0.15) is 11.6 Å². The van der Waals surface area contributed by atoms with Gasteiger partial charge in [-0.25, -0.2) is 9.97 Å². The zero-order valence-electron chi connectivity index (χ0n) is 31.4. The molecule has 0 N–H and O–H groups in total. The summed E-state index contributed by atoms with van der Waals surface area (Å²) in [5.74, 6) is 1.35. The van der Waals surface area contributed by atoms with Crippen LogP contribution in [0.5, 0.6) is 5.75 Å². The van der Waals surface area contributed by atoms with Gasteiger partial charge < -0.3 is 9.64 Å². The van der Waals surface area contributed by atoms with E-state index in [0.717, 1.165) is 42.6 Å². The Morgan fingerprint density at radius 1 is 0.612 bits per heavy atom. The summed E-state index contributed by atoms with van der Waals surface area (Å²) in [6.45, 7) is 5.83. The van der Waals surface area contributed by atoms with Crippen LogP contribution in [-0.2, 0) is 16.0 Å². The summed E-state index contributed by atoms with van der Waals surface area (Å²) < 4.78 is 5.74. The largest absolute Gasteiger partial charge is 0.426 e. The Morgan fingerprint density at radius 3 is 1.55 bits per heavy atom. The highest BCUT2D eigenvalue weighted by Crippen LogP contribution is 2.25. The highest BCUT2D eigenvalue weighted by molar-refractivity contribution is 5.78. The minimum Gasteiger partial charge on any atom is -0.426 e. The van der Waals surface area contributed by atoms with Crippen LogP contribution in [0.15, 0.2) is 36.7 Å². The maximum atomic E-state index is 12.9.